The second-order valence-corrected chi connectivity index (χ2v) is 3.82. The Morgan fingerprint density at radius 2 is 2.19 bits per heavy atom. The van der Waals surface area contributed by atoms with E-state index in [9.17, 15) is 13.6 Å². The third-order valence-electron chi connectivity index (χ3n) is 2.58. The van der Waals surface area contributed by atoms with E-state index in [4.69, 9.17) is 0 Å². The molecule has 1 saturated heterocycles. The van der Waals surface area contributed by atoms with Crippen LogP contribution in [-0.4, -0.2) is 25.0 Å². The summed E-state index contributed by atoms with van der Waals surface area (Å²) in [4.78, 5) is 10.9. The van der Waals surface area contributed by atoms with E-state index in [-0.39, 0.29) is 18.5 Å². The lowest BCUT2D eigenvalue weighted by atomic mass is 10.0. The normalized spacial score (nSPS) is 20.6. The zero-order chi connectivity index (χ0) is 11.5. The van der Waals surface area contributed by atoms with E-state index in [1.165, 1.54) is 12.1 Å². The average molecular weight is 226 g/mol. The van der Waals surface area contributed by atoms with Crippen LogP contribution < -0.4 is 10.6 Å². The third-order valence-corrected chi connectivity index (χ3v) is 2.58. The molecular weight excluding hydrogens is 214 g/mol. The van der Waals surface area contributed by atoms with Crippen molar-refractivity contribution in [2.24, 2.45) is 0 Å². The molecule has 0 spiro atoms. The second-order valence-electron chi connectivity index (χ2n) is 3.82. The van der Waals surface area contributed by atoms with Crippen molar-refractivity contribution in [1.82, 2.24) is 10.6 Å². The highest BCUT2D eigenvalue weighted by Crippen LogP contribution is 2.12. The maximum atomic E-state index is 13.3. The molecule has 1 heterocycles. The van der Waals surface area contributed by atoms with E-state index >= 15 is 0 Å². The van der Waals surface area contributed by atoms with Gasteiger partial charge in [-0.25, -0.2) is 8.78 Å². The van der Waals surface area contributed by atoms with Gasteiger partial charge in [0.1, 0.15) is 11.6 Å². The molecule has 0 bridgehead atoms. The van der Waals surface area contributed by atoms with Gasteiger partial charge in [0.2, 0.25) is 5.91 Å². The van der Waals surface area contributed by atoms with Crippen LogP contribution in [0.1, 0.15) is 5.56 Å². The van der Waals surface area contributed by atoms with Crippen LogP contribution in [0.3, 0.4) is 0 Å². The smallest absolute Gasteiger partial charge is 0.234 e. The predicted molar refractivity (Wildman–Crippen MR) is 54.9 cm³/mol. The highest BCUT2D eigenvalue weighted by Gasteiger charge is 2.18. The first-order valence-corrected chi connectivity index (χ1v) is 5.09. The van der Waals surface area contributed by atoms with Crippen LogP contribution in [0.4, 0.5) is 8.78 Å². The van der Waals surface area contributed by atoms with Crippen LogP contribution in [0, 0.1) is 11.6 Å². The number of nitrogens with one attached hydrogen (secondary N) is 2. The minimum Gasteiger partial charge on any atom is -0.353 e. The zero-order valence-corrected chi connectivity index (χ0v) is 8.59. The van der Waals surface area contributed by atoms with Gasteiger partial charge in [-0.05, 0) is 18.1 Å². The molecular formula is C11H12F2N2O. The van der Waals surface area contributed by atoms with Gasteiger partial charge in [-0.3, -0.25) is 4.79 Å². The van der Waals surface area contributed by atoms with Crippen LogP contribution in [-0.2, 0) is 11.2 Å². The lowest BCUT2D eigenvalue weighted by Crippen LogP contribution is -2.52. The van der Waals surface area contributed by atoms with E-state index in [1.54, 1.807) is 0 Å². The first kappa shape index (κ1) is 11.0. The first-order valence-electron chi connectivity index (χ1n) is 5.09. The Kier molecular flexibility index (Phi) is 3.14. The Balaban J connectivity index is 2.01. The molecule has 1 amide bonds. The van der Waals surface area contributed by atoms with Gasteiger partial charge in [0.05, 0.1) is 6.54 Å². The maximum Gasteiger partial charge on any atom is 0.234 e. The summed E-state index contributed by atoms with van der Waals surface area (Å²) in [7, 11) is 0. The van der Waals surface area contributed by atoms with Crippen molar-refractivity contribution in [3.05, 3.63) is 35.4 Å². The number of carbonyl (C=O) groups is 1. The molecule has 5 heteroatoms. The van der Waals surface area contributed by atoms with Gasteiger partial charge in [0, 0.05) is 18.7 Å². The van der Waals surface area contributed by atoms with Crippen molar-refractivity contribution < 1.29 is 13.6 Å². The number of amides is 1. The molecule has 0 aromatic heterocycles. The Bertz CT molecular complexity index is 399. The Labute approximate surface area is 91.8 Å². The predicted octanol–water partition coefficient (Wildman–Crippen LogP) is 0.595. The number of piperazine rings is 1. The minimum atomic E-state index is -0.578. The van der Waals surface area contributed by atoms with E-state index in [1.807, 2.05) is 0 Å². The molecule has 1 fully saturated rings. The van der Waals surface area contributed by atoms with Gasteiger partial charge in [-0.1, -0.05) is 6.07 Å². The molecule has 2 N–H and O–H groups in total. The van der Waals surface area contributed by atoms with Gasteiger partial charge < -0.3 is 10.6 Å². The summed E-state index contributed by atoms with van der Waals surface area (Å²) in [6, 6.07) is 3.54. The molecule has 1 aromatic rings. The van der Waals surface area contributed by atoms with Gasteiger partial charge >= 0.3 is 0 Å². The summed E-state index contributed by atoms with van der Waals surface area (Å²) >= 11 is 0. The van der Waals surface area contributed by atoms with Gasteiger partial charge in [0.25, 0.3) is 0 Å². The van der Waals surface area contributed by atoms with Crippen LogP contribution in [0.2, 0.25) is 0 Å². The number of halogens is 2. The molecule has 1 unspecified atom stereocenters. The Morgan fingerprint density at radius 3 is 2.81 bits per heavy atom. The fraction of sp³-hybridized carbons (Fsp3) is 0.364. The van der Waals surface area contributed by atoms with Crippen LogP contribution in [0.25, 0.3) is 0 Å². The molecule has 3 nitrogen and oxygen atoms in total. The van der Waals surface area contributed by atoms with Crippen LogP contribution in [0.15, 0.2) is 18.2 Å². The van der Waals surface area contributed by atoms with Crippen molar-refractivity contribution >= 4 is 5.91 Å². The molecule has 16 heavy (non-hydrogen) atoms. The van der Waals surface area contributed by atoms with Crippen LogP contribution >= 0.6 is 0 Å². The molecule has 1 aliphatic rings. The summed E-state index contributed by atoms with van der Waals surface area (Å²) in [5.74, 6) is -1.18. The number of hydrogen-bond donors (Lipinski definition) is 2. The Morgan fingerprint density at radius 1 is 1.38 bits per heavy atom. The largest absolute Gasteiger partial charge is 0.353 e. The monoisotopic (exact) mass is 226 g/mol. The summed E-state index contributed by atoms with van der Waals surface area (Å²) in [5, 5.41) is 5.67. The first-order chi connectivity index (χ1) is 7.65. The number of carbonyl (C=O) groups excluding carboxylic acids is 1. The van der Waals surface area contributed by atoms with E-state index < -0.39 is 11.6 Å². The second kappa shape index (κ2) is 4.57. The number of hydrogen-bond acceptors (Lipinski definition) is 2. The summed E-state index contributed by atoms with van der Waals surface area (Å²) in [6.45, 7) is 0.711. The molecule has 86 valence electrons. The molecule has 1 aromatic carbocycles. The highest BCUT2D eigenvalue weighted by molar-refractivity contribution is 5.78. The van der Waals surface area contributed by atoms with E-state index in [2.05, 4.69) is 10.6 Å². The van der Waals surface area contributed by atoms with Crippen molar-refractivity contribution in [2.45, 2.75) is 12.5 Å². The summed E-state index contributed by atoms with van der Waals surface area (Å²) in [6.07, 6.45) is 0.437. The van der Waals surface area contributed by atoms with Crippen LogP contribution in [0.5, 0.6) is 0 Å². The number of rotatable bonds is 2. The summed E-state index contributed by atoms with van der Waals surface area (Å²) in [5.41, 5.74) is 0.454. The standard InChI is InChI=1S/C11H12F2N2O/c12-8-2-1-7(10(13)4-8)3-9-5-15-11(16)6-14-9/h1-2,4,9,14H,3,5-6H2,(H,15,16). The fourth-order valence-corrected chi connectivity index (χ4v) is 1.71. The highest BCUT2D eigenvalue weighted by atomic mass is 19.1. The maximum absolute atomic E-state index is 13.3. The van der Waals surface area contributed by atoms with Gasteiger partial charge in [-0.2, -0.15) is 0 Å². The Hall–Kier alpha value is -1.49. The van der Waals surface area contributed by atoms with E-state index in [0.29, 0.717) is 18.5 Å². The van der Waals surface area contributed by atoms with Crippen molar-refractivity contribution in [1.29, 1.82) is 0 Å². The summed E-state index contributed by atoms with van der Waals surface area (Å²) < 4.78 is 26.0. The molecule has 0 radical (unpaired) electrons. The van der Waals surface area contributed by atoms with Gasteiger partial charge in [-0.15, -0.1) is 0 Å². The third kappa shape index (κ3) is 2.55. The quantitative estimate of drug-likeness (QED) is 0.775. The molecule has 2 rings (SSSR count). The molecule has 0 aliphatic carbocycles. The van der Waals surface area contributed by atoms with Gasteiger partial charge in [0.15, 0.2) is 0 Å². The number of benzene rings is 1. The molecule has 0 saturated carbocycles. The fourth-order valence-electron chi connectivity index (χ4n) is 1.71. The van der Waals surface area contributed by atoms with E-state index in [0.717, 1.165) is 6.07 Å². The lowest BCUT2D eigenvalue weighted by Gasteiger charge is -2.24. The average Bonchev–Trinajstić information content (AvgIpc) is 2.25. The topological polar surface area (TPSA) is 41.1 Å². The lowest BCUT2D eigenvalue weighted by molar-refractivity contribution is -0.121. The minimum absolute atomic E-state index is 0.00217. The molecule has 1 atom stereocenters. The SMILES string of the molecule is O=C1CNC(Cc2ccc(F)cc2F)CN1. The van der Waals surface area contributed by atoms with Crippen molar-refractivity contribution in [2.75, 3.05) is 13.1 Å². The molecule has 1 aliphatic heterocycles. The zero-order valence-electron chi connectivity index (χ0n) is 8.59. The van der Waals surface area contributed by atoms with Crippen molar-refractivity contribution in [3.8, 4) is 0 Å². The van der Waals surface area contributed by atoms with Crippen molar-refractivity contribution in [3.63, 3.8) is 0 Å².